The van der Waals surface area contributed by atoms with Gasteiger partial charge in [-0.05, 0) is 49.9 Å². The second-order valence-electron chi connectivity index (χ2n) is 9.15. The Kier molecular flexibility index (Phi) is 6.91. The van der Waals surface area contributed by atoms with Crippen molar-refractivity contribution in [1.29, 1.82) is 0 Å². The lowest BCUT2D eigenvalue weighted by Gasteiger charge is -2.38. The van der Waals surface area contributed by atoms with Crippen LogP contribution in [0.15, 0.2) is 60.7 Å². The molecule has 174 valence electrons. The highest BCUT2D eigenvalue weighted by atomic mass is 16.5. The van der Waals surface area contributed by atoms with Crippen LogP contribution in [-0.2, 0) is 14.3 Å². The van der Waals surface area contributed by atoms with Crippen LogP contribution >= 0.6 is 0 Å². The topological polar surface area (TPSA) is 105 Å². The predicted octanol–water partition coefficient (Wildman–Crippen LogP) is 4.09. The summed E-state index contributed by atoms with van der Waals surface area (Å²) in [4.78, 5) is 35.8. The summed E-state index contributed by atoms with van der Waals surface area (Å²) in [7, 11) is 0. The van der Waals surface area contributed by atoms with Gasteiger partial charge in [0.15, 0.2) is 0 Å². The summed E-state index contributed by atoms with van der Waals surface area (Å²) in [6, 6.07) is 16.2. The lowest BCUT2D eigenvalue weighted by molar-refractivity contribution is -0.151. The molecule has 0 fully saturated rings. The average molecular weight is 451 g/mol. The molecule has 0 spiro atoms. The van der Waals surface area contributed by atoms with Crippen LogP contribution < -0.4 is 10.6 Å². The lowest BCUT2D eigenvalue weighted by atomic mass is 9.74. The average Bonchev–Trinajstić information content (AvgIpc) is 3.08. The minimum absolute atomic E-state index is 0.0238. The van der Waals surface area contributed by atoms with E-state index in [1.165, 1.54) is 12.2 Å². The van der Waals surface area contributed by atoms with Gasteiger partial charge in [0.25, 0.3) is 0 Å². The maximum atomic E-state index is 12.2. The number of carboxylic acids is 1. The third-order valence-corrected chi connectivity index (χ3v) is 6.51. The van der Waals surface area contributed by atoms with Crippen molar-refractivity contribution in [2.45, 2.75) is 39.2 Å². The molecule has 0 heterocycles. The number of carbonyl (C=O) groups excluding carboxylic acids is 2. The summed E-state index contributed by atoms with van der Waals surface area (Å²) in [5.74, 6) is -1.47. The number of alkyl carbamates (subject to hydrolysis) is 1. The molecule has 0 aromatic heterocycles. The van der Waals surface area contributed by atoms with Crippen molar-refractivity contribution in [3.8, 4) is 11.1 Å². The maximum Gasteiger partial charge on any atom is 0.407 e. The first-order chi connectivity index (χ1) is 15.5. The first kappa shape index (κ1) is 24.0. The Bertz CT molecular complexity index is 1040. The molecule has 3 rings (SSSR count). The third kappa shape index (κ3) is 5.08. The Morgan fingerprint density at radius 3 is 2.06 bits per heavy atom. The molecular formula is C26H30N2O5. The molecule has 3 N–H and O–H groups in total. The molecule has 0 atom stereocenters. The summed E-state index contributed by atoms with van der Waals surface area (Å²) in [6.07, 6.45) is 2.18. The van der Waals surface area contributed by atoms with E-state index in [2.05, 4.69) is 34.9 Å². The molecule has 0 saturated carbocycles. The van der Waals surface area contributed by atoms with Crippen LogP contribution in [-0.4, -0.2) is 41.8 Å². The van der Waals surface area contributed by atoms with Gasteiger partial charge in [-0.1, -0.05) is 54.6 Å². The first-order valence-corrected chi connectivity index (χ1v) is 10.9. The zero-order valence-corrected chi connectivity index (χ0v) is 19.3. The molecule has 7 nitrogen and oxygen atoms in total. The van der Waals surface area contributed by atoms with E-state index in [9.17, 15) is 19.5 Å². The molecular weight excluding hydrogens is 420 g/mol. The number of rotatable bonds is 8. The van der Waals surface area contributed by atoms with Gasteiger partial charge in [0.05, 0.1) is 11.0 Å². The summed E-state index contributed by atoms with van der Waals surface area (Å²) in [5, 5.41) is 14.7. The Morgan fingerprint density at radius 1 is 0.970 bits per heavy atom. The summed E-state index contributed by atoms with van der Waals surface area (Å²) in [6.45, 7) is 6.73. The predicted molar refractivity (Wildman–Crippen MR) is 126 cm³/mol. The minimum atomic E-state index is -1.16. The van der Waals surface area contributed by atoms with Gasteiger partial charge in [0.2, 0.25) is 5.91 Å². The van der Waals surface area contributed by atoms with Crippen LogP contribution in [0.2, 0.25) is 0 Å². The molecule has 0 unspecified atom stereocenters. The summed E-state index contributed by atoms with van der Waals surface area (Å²) < 4.78 is 5.45. The van der Waals surface area contributed by atoms with Crippen molar-refractivity contribution >= 4 is 18.0 Å². The molecule has 33 heavy (non-hydrogen) atoms. The number of benzene rings is 2. The number of nitrogens with one attached hydrogen (secondary N) is 2. The second kappa shape index (κ2) is 9.48. The highest BCUT2D eigenvalue weighted by Gasteiger charge is 2.44. The normalized spacial score (nSPS) is 13.3. The molecule has 2 aromatic carbocycles. The van der Waals surface area contributed by atoms with E-state index >= 15 is 0 Å². The smallest absolute Gasteiger partial charge is 0.407 e. The van der Waals surface area contributed by atoms with Crippen LogP contribution in [0.3, 0.4) is 0 Å². The Balaban J connectivity index is 1.49. The van der Waals surface area contributed by atoms with Crippen molar-refractivity contribution < 1.29 is 24.2 Å². The van der Waals surface area contributed by atoms with Gasteiger partial charge in [0.1, 0.15) is 6.61 Å². The number of hydrogen-bond donors (Lipinski definition) is 3. The molecule has 0 radical (unpaired) electrons. The van der Waals surface area contributed by atoms with Crippen molar-refractivity contribution in [1.82, 2.24) is 10.6 Å². The van der Waals surface area contributed by atoms with Gasteiger partial charge in [0, 0.05) is 18.5 Å². The maximum absolute atomic E-state index is 12.2. The zero-order chi connectivity index (χ0) is 24.2. The zero-order valence-electron chi connectivity index (χ0n) is 19.3. The monoisotopic (exact) mass is 450 g/mol. The lowest BCUT2D eigenvalue weighted by Crippen LogP contribution is -2.56. The SMILES string of the molecule is CC(C)(NC(=O)/C=C/CNC(=O)OCC1c2ccccc2-c2ccccc21)C(C)(C)C(=O)O. The van der Waals surface area contributed by atoms with E-state index in [-0.39, 0.29) is 19.1 Å². The van der Waals surface area contributed by atoms with E-state index in [1.807, 2.05) is 24.3 Å². The second-order valence-corrected chi connectivity index (χ2v) is 9.15. The van der Waals surface area contributed by atoms with E-state index < -0.39 is 28.9 Å². The highest BCUT2D eigenvalue weighted by molar-refractivity contribution is 5.89. The Labute approximate surface area is 193 Å². The molecule has 0 bridgehead atoms. The Hall–Kier alpha value is -3.61. The van der Waals surface area contributed by atoms with Crippen LogP contribution in [0.4, 0.5) is 4.79 Å². The summed E-state index contributed by atoms with van der Waals surface area (Å²) >= 11 is 0. The standard InChI is InChI=1S/C26H30N2O5/c1-25(2,23(30)31)26(3,4)28-22(29)14-9-15-27-24(32)33-16-21-19-12-7-5-10-17(19)18-11-6-8-13-20(18)21/h5-14,21H,15-16H2,1-4H3,(H,27,32)(H,28,29)(H,30,31)/b14-9+. The fourth-order valence-corrected chi connectivity index (χ4v) is 3.73. The number of ether oxygens (including phenoxy) is 1. The molecule has 7 heteroatoms. The van der Waals surface area contributed by atoms with E-state index in [4.69, 9.17) is 4.74 Å². The third-order valence-electron chi connectivity index (χ3n) is 6.51. The number of amides is 2. The van der Waals surface area contributed by atoms with E-state index in [1.54, 1.807) is 27.7 Å². The van der Waals surface area contributed by atoms with Gasteiger partial charge in [-0.25, -0.2) is 4.79 Å². The first-order valence-electron chi connectivity index (χ1n) is 10.9. The van der Waals surface area contributed by atoms with Crippen LogP contribution in [0.5, 0.6) is 0 Å². The quantitative estimate of drug-likeness (QED) is 0.526. The minimum Gasteiger partial charge on any atom is -0.481 e. The molecule has 1 aliphatic carbocycles. The van der Waals surface area contributed by atoms with E-state index in [0.717, 1.165) is 22.3 Å². The fourth-order valence-electron chi connectivity index (χ4n) is 3.73. The fraction of sp³-hybridized carbons (Fsp3) is 0.346. The molecule has 2 amide bonds. The molecule has 0 aliphatic heterocycles. The largest absolute Gasteiger partial charge is 0.481 e. The Morgan fingerprint density at radius 2 is 1.52 bits per heavy atom. The van der Waals surface area contributed by atoms with Crippen LogP contribution in [0.25, 0.3) is 11.1 Å². The number of fused-ring (bicyclic) bond motifs is 3. The number of aliphatic carboxylic acids is 1. The van der Waals surface area contributed by atoms with Gasteiger partial charge >= 0.3 is 12.1 Å². The van der Waals surface area contributed by atoms with Crippen molar-refractivity contribution in [2.75, 3.05) is 13.2 Å². The molecule has 2 aromatic rings. The molecule has 1 aliphatic rings. The van der Waals surface area contributed by atoms with Gasteiger partial charge in [-0.15, -0.1) is 0 Å². The van der Waals surface area contributed by atoms with Gasteiger partial charge in [-0.3, -0.25) is 9.59 Å². The van der Waals surface area contributed by atoms with Crippen molar-refractivity contribution in [3.63, 3.8) is 0 Å². The summed E-state index contributed by atoms with van der Waals surface area (Å²) in [5.41, 5.74) is 2.45. The highest BCUT2D eigenvalue weighted by Crippen LogP contribution is 2.44. The van der Waals surface area contributed by atoms with Crippen LogP contribution in [0.1, 0.15) is 44.7 Å². The van der Waals surface area contributed by atoms with Gasteiger partial charge in [-0.2, -0.15) is 0 Å². The molecule has 0 saturated heterocycles. The number of hydrogen-bond acceptors (Lipinski definition) is 4. The van der Waals surface area contributed by atoms with Gasteiger partial charge < -0.3 is 20.5 Å². The van der Waals surface area contributed by atoms with Crippen molar-refractivity contribution in [2.24, 2.45) is 5.41 Å². The number of carboxylic acid groups (broad SMARTS) is 1. The van der Waals surface area contributed by atoms with Crippen molar-refractivity contribution in [3.05, 3.63) is 71.8 Å². The van der Waals surface area contributed by atoms with Crippen LogP contribution in [0, 0.1) is 5.41 Å². The number of carbonyl (C=O) groups is 3. The van der Waals surface area contributed by atoms with E-state index in [0.29, 0.717) is 0 Å².